The molecule has 1 heterocycles. The predicted octanol–water partition coefficient (Wildman–Crippen LogP) is 3.58. The van der Waals surface area contributed by atoms with Crippen LogP contribution in [0.5, 0.6) is 0 Å². The van der Waals surface area contributed by atoms with E-state index in [4.69, 9.17) is 5.84 Å². The van der Waals surface area contributed by atoms with Crippen LogP contribution in [0.2, 0.25) is 0 Å². The number of rotatable bonds is 6. The largest absolute Gasteiger partial charge is 0.271 e. The van der Waals surface area contributed by atoms with Crippen LogP contribution < -0.4 is 11.3 Å². The van der Waals surface area contributed by atoms with Gasteiger partial charge in [0, 0.05) is 15.8 Å². The van der Waals surface area contributed by atoms with E-state index in [0.717, 1.165) is 19.3 Å². The predicted molar refractivity (Wildman–Crippen MR) is 79.7 cm³/mol. The Bertz CT molecular complexity index is 395. The Labute approximate surface area is 114 Å². The topological polar surface area (TPSA) is 38.0 Å². The van der Waals surface area contributed by atoms with E-state index >= 15 is 0 Å². The van der Waals surface area contributed by atoms with Gasteiger partial charge in [-0.1, -0.05) is 18.6 Å². The molecule has 1 aliphatic carbocycles. The molecule has 0 aromatic carbocycles. The number of allylic oxidation sites excluding steroid dienone is 1. The van der Waals surface area contributed by atoms with Gasteiger partial charge in [0.15, 0.2) is 0 Å². The summed E-state index contributed by atoms with van der Waals surface area (Å²) < 4.78 is 0. The van der Waals surface area contributed by atoms with Crippen molar-refractivity contribution in [2.45, 2.75) is 57.9 Å². The van der Waals surface area contributed by atoms with Crippen LogP contribution in [0.1, 0.15) is 48.8 Å². The van der Waals surface area contributed by atoms with Crippen molar-refractivity contribution in [2.75, 3.05) is 0 Å². The molecule has 0 amide bonds. The van der Waals surface area contributed by atoms with Crippen molar-refractivity contribution in [3.05, 3.63) is 33.5 Å². The Morgan fingerprint density at radius 3 is 2.72 bits per heavy atom. The Kier molecular flexibility index (Phi) is 5.42. The number of hydrogen-bond acceptors (Lipinski definition) is 3. The van der Waals surface area contributed by atoms with Gasteiger partial charge in [0.1, 0.15) is 0 Å². The van der Waals surface area contributed by atoms with Gasteiger partial charge in [0.25, 0.3) is 0 Å². The molecule has 0 fully saturated rings. The molecule has 0 radical (unpaired) electrons. The van der Waals surface area contributed by atoms with Gasteiger partial charge in [0.05, 0.1) is 0 Å². The lowest BCUT2D eigenvalue weighted by Crippen LogP contribution is -2.37. The highest BCUT2D eigenvalue weighted by atomic mass is 32.1. The smallest absolute Gasteiger partial charge is 0.0295 e. The summed E-state index contributed by atoms with van der Waals surface area (Å²) in [4.78, 5) is 2.92. The Morgan fingerprint density at radius 2 is 2.11 bits per heavy atom. The van der Waals surface area contributed by atoms with Crippen molar-refractivity contribution in [1.82, 2.24) is 5.43 Å². The van der Waals surface area contributed by atoms with Crippen molar-refractivity contribution in [3.63, 3.8) is 0 Å². The zero-order valence-electron chi connectivity index (χ0n) is 11.2. The van der Waals surface area contributed by atoms with Gasteiger partial charge in [-0.25, -0.2) is 0 Å². The average molecular weight is 264 g/mol. The molecular formula is C15H24N2S. The summed E-state index contributed by atoms with van der Waals surface area (Å²) in [6, 6.07) is 4.88. The first-order valence-electron chi connectivity index (χ1n) is 7.03. The minimum Gasteiger partial charge on any atom is -0.271 e. The number of aryl methyl sites for hydroxylation is 1. The number of nitrogens with one attached hydrogen (secondary N) is 1. The highest BCUT2D eigenvalue weighted by Gasteiger charge is 2.13. The molecule has 100 valence electrons. The molecule has 0 saturated heterocycles. The fraction of sp³-hybridized carbons (Fsp3) is 0.600. The van der Waals surface area contributed by atoms with E-state index in [9.17, 15) is 0 Å². The lowest BCUT2D eigenvalue weighted by Gasteiger charge is -2.19. The minimum absolute atomic E-state index is 0.387. The fourth-order valence-corrected chi connectivity index (χ4v) is 3.60. The van der Waals surface area contributed by atoms with Gasteiger partial charge in [-0.3, -0.25) is 11.3 Å². The first kappa shape index (κ1) is 13.8. The van der Waals surface area contributed by atoms with Crippen LogP contribution in [0.25, 0.3) is 0 Å². The number of thiophene rings is 1. The third-order valence-corrected chi connectivity index (χ3v) is 4.89. The summed E-state index contributed by atoms with van der Waals surface area (Å²) in [6.45, 7) is 2.21. The Hall–Kier alpha value is -0.640. The van der Waals surface area contributed by atoms with Gasteiger partial charge >= 0.3 is 0 Å². The number of nitrogens with two attached hydrogens (primary N) is 1. The summed E-state index contributed by atoms with van der Waals surface area (Å²) in [7, 11) is 0. The van der Waals surface area contributed by atoms with E-state index < -0.39 is 0 Å². The number of hydrazine groups is 1. The van der Waals surface area contributed by atoms with E-state index in [-0.39, 0.29) is 0 Å². The van der Waals surface area contributed by atoms with Crippen LogP contribution in [-0.2, 0) is 12.8 Å². The van der Waals surface area contributed by atoms with Crippen molar-refractivity contribution in [2.24, 2.45) is 5.84 Å². The molecule has 2 rings (SSSR count). The molecule has 18 heavy (non-hydrogen) atoms. The van der Waals surface area contributed by atoms with Crippen LogP contribution in [0.3, 0.4) is 0 Å². The average Bonchev–Trinajstić information content (AvgIpc) is 2.87. The molecule has 3 N–H and O–H groups in total. The SMILES string of the molecule is CCc1ccc(CC(CC2=CCCCC2)NN)s1. The second kappa shape index (κ2) is 7.07. The molecule has 2 nitrogen and oxygen atoms in total. The van der Waals surface area contributed by atoms with Crippen molar-refractivity contribution < 1.29 is 0 Å². The van der Waals surface area contributed by atoms with Crippen LogP contribution >= 0.6 is 11.3 Å². The van der Waals surface area contributed by atoms with Crippen molar-refractivity contribution in [3.8, 4) is 0 Å². The molecule has 1 atom stereocenters. The van der Waals surface area contributed by atoms with E-state index in [2.05, 4.69) is 30.6 Å². The van der Waals surface area contributed by atoms with Crippen LogP contribution in [0.15, 0.2) is 23.8 Å². The summed E-state index contributed by atoms with van der Waals surface area (Å²) in [5.74, 6) is 5.70. The maximum Gasteiger partial charge on any atom is 0.0295 e. The van der Waals surface area contributed by atoms with Crippen molar-refractivity contribution >= 4 is 11.3 Å². The normalized spacial score (nSPS) is 17.6. The van der Waals surface area contributed by atoms with E-state index in [1.165, 1.54) is 35.4 Å². The number of hydrogen-bond donors (Lipinski definition) is 2. The van der Waals surface area contributed by atoms with Gasteiger partial charge < -0.3 is 0 Å². The lowest BCUT2D eigenvalue weighted by molar-refractivity contribution is 0.507. The van der Waals surface area contributed by atoms with E-state index in [0.29, 0.717) is 6.04 Å². The van der Waals surface area contributed by atoms with Crippen LogP contribution in [-0.4, -0.2) is 6.04 Å². The van der Waals surface area contributed by atoms with Gasteiger partial charge in [-0.15, -0.1) is 11.3 Å². The zero-order chi connectivity index (χ0) is 12.8. The maximum atomic E-state index is 5.70. The molecule has 3 heteroatoms. The zero-order valence-corrected chi connectivity index (χ0v) is 12.1. The maximum absolute atomic E-state index is 5.70. The molecule has 0 spiro atoms. The Balaban J connectivity index is 1.90. The van der Waals surface area contributed by atoms with Crippen LogP contribution in [0.4, 0.5) is 0 Å². The standard InChI is InChI=1S/C15H24N2S/c1-2-14-8-9-15(18-14)11-13(17-16)10-12-6-4-3-5-7-12/h6,8-9,13,17H,2-5,7,10-11,16H2,1H3. The highest BCUT2D eigenvalue weighted by molar-refractivity contribution is 7.11. The third kappa shape index (κ3) is 3.94. The van der Waals surface area contributed by atoms with Gasteiger partial charge in [-0.2, -0.15) is 0 Å². The summed E-state index contributed by atoms with van der Waals surface area (Å²) in [6.07, 6.45) is 10.9. The second-order valence-electron chi connectivity index (χ2n) is 5.10. The first-order chi connectivity index (χ1) is 8.81. The highest BCUT2D eigenvalue weighted by Crippen LogP contribution is 2.24. The van der Waals surface area contributed by atoms with E-state index in [1.54, 1.807) is 5.57 Å². The van der Waals surface area contributed by atoms with Crippen LogP contribution in [0, 0.1) is 0 Å². The lowest BCUT2D eigenvalue weighted by atomic mass is 9.93. The molecule has 0 bridgehead atoms. The first-order valence-corrected chi connectivity index (χ1v) is 7.85. The summed E-state index contributed by atoms with van der Waals surface area (Å²) in [5, 5.41) is 0. The van der Waals surface area contributed by atoms with Gasteiger partial charge in [-0.05, 0) is 57.1 Å². The van der Waals surface area contributed by atoms with E-state index in [1.807, 2.05) is 11.3 Å². The molecule has 1 aliphatic rings. The summed E-state index contributed by atoms with van der Waals surface area (Å²) in [5.41, 5.74) is 4.58. The molecule has 0 aliphatic heterocycles. The Morgan fingerprint density at radius 1 is 1.28 bits per heavy atom. The quantitative estimate of drug-likeness (QED) is 0.468. The monoisotopic (exact) mass is 264 g/mol. The molecule has 1 unspecified atom stereocenters. The van der Waals surface area contributed by atoms with Gasteiger partial charge in [0.2, 0.25) is 0 Å². The fourth-order valence-electron chi connectivity index (χ4n) is 2.56. The minimum atomic E-state index is 0.387. The molecule has 1 aromatic heterocycles. The summed E-state index contributed by atoms with van der Waals surface area (Å²) >= 11 is 1.92. The third-order valence-electron chi connectivity index (χ3n) is 3.64. The molecular weight excluding hydrogens is 240 g/mol. The second-order valence-corrected chi connectivity index (χ2v) is 6.35. The van der Waals surface area contributed by atoms with Crippen molar-refractivity contribution in [1.29, 1.82) is 0 Å². The molecule has 1 aromatic rings. The molecule has 0 saturated carbocycles.